The van der Waals surface area contributed by atoms with Crippen molar-refractivity contribution in [3.63, 3.8) is 0 Å². The van der Waals surface area contributed by atoms with E-state index in [4.69, 9.17) is 14.2 Å². The molecule has 13 heteroatoms. The third-order valence-corrected chi connectivity index (χ3v) is 10.8. The van der Waals surface area contributed by atoms with Crippen LogP contribution in [0.5, 0.6) is 11.8 Å². The molecular formula is C46H47F3N4O6. The minimum absolute atomic E-state index is 0.0935. The summed E-state index contributed by atoms with van der Waals surface area (Å²) in [6.45, 7) is 0.628. The average molecular weight is 809 g/mol. The van der Waals surface area contributed by atoms with Gasteiger partial charge >= 0.3 is 12.3 Å². The molecule has 1 aromatic heterocycles. The number of hydrogen-bond donors (Lipinski definition) is 3. The first-order valence-electron chi connectivity index (χ1n) is 19.8. The zero-order valence-corrected chi connectivity index (χ0v) is 32.5. The maximum atomic E-state index is 14.1. The molecule has 1 fully saturated rings. The van der Waals surface area contributed by atoms with Crippen LogP contribution >= 0.6 is 0 Å². The summed E-state index contributed by atoms with van der Waals surface area (Å²) in [5.74, 6) is 0.164. The number of ether oxygens (including phenoxy) is 3. The predicted molar refractivity (Wildman–Crippen MR) is 216 cm³/mol. The lowest BCUT2D eigenvalue weighted by molar-refractivity contribution is -0.137. The molecule has 3 N–H and O–H groups in total. The molecule has 7 rings (SSSR count). The quantitative estimate of drug-likeness (QED) is 0.0904. The van der Waals surface area contributed by atoms with E-state index in [1.165, 1.54) is 0 Å². The fraction of sp³-hybridized carbons (Fsp3) is 0.326. The predicted octanol–water partition coefficient (Wildman–Crippen LogP) is 8.97. The summed E-state index contributed by atoms with van der Waals surface area (Å²) in [4.78, 5) is 32.7. The molecule has 0 bridgehead atoms. The molecule has 1 saturated carbocycles. The van der Waals surface area contributed by atoms with Gasteiger partial charge in [-0.25, -0.2) is 4.79 Å². The molecule has 59 heavy (non-hydrogen) atoms. The number of hydrogen-bond acceptors (Lipinski definition) is 8. The number of aliphatic hydroxyl groups is 1. The van der Waals surface area contributed by atoms with E-state index in [1.54, 1.807) is 35.2 Å². The van der Waals surface area contributed by atoms with Gasteiger partial charge in [0, 0.05) is 36.7 Å². The van der Waals surface area contributed by atoms with Crippen molar-refractivity contribution >= 4 is 17.7 Å². The number of halogens is 3. The van der Waals surface area contributed by atoms with E-state index in [9.17, 15) is 27.9 Å². The van der Waals surface area contributed by atoms with Gasteiger partial charge in [-0.2, -0.15) is 18.2 Å². The minimum atomic E-state index is -4.40. The number of amides is 2. The van der Waals surface area contributed by atoms with Gasteiger partial charge in [0.05, 0.1) is 12.1 Å². The number of nitrogens with one attached hydrogen (secondary N) is 2. The highest BCUT2D eigenvalue weighted by molar-refractivity contribution is 6.10. The lowest BCUT2D eigenvalue weighted by atomic mass is 9.82. The van der Waals surface area contributed by atoms with E-state index in [0.29, 0.717) is 41.1 Å². The second kappa shape index (κ2) is 18.8. The zero-order chi connectivity index (χ0) is 41.2. The Kier molecular flexibility index (Phi) is 13.1. The van der Waals surface area contributed by atoms with E-state index in [0.717, 1.165) is 16.7 Å². The van der Waals surface area contributed by atoms with Crippen molar-refractivity contribution in [1.29, 1.82) is 0 Å². The van der Waals surface area contributed by atoms with Gasteiger partial charge in [-0.15, -0.1) is 0 Å². The lowest BCUT2D eigenvalue weighted by Crippen LogP contribution is -2.46. The summed E-state index contributed by atoms with van der Waals surface area (Å²) in [6, 6.07) is 36.1. The summed E-state index contributed by atoms with van der Waals surface area (Å²) < 4.78 is 58.9. The molecule has 0 spiro atoms. The largest absolute Gasteiger partial charge is 0.473 e. The smallest absolute Gasteiger partial charge is 0.407 e. The van der Waals surface area contributed by atoms with Crippen LogP contribution in [0.2, 0.25) is 0 Å². The highest BCUT2D eigenvalue weighted by Crippen LogP contribution is 2.40. The van der Waals surface area contributed by atoms with Gasteiger partial charge < -0.3 is 30.0 Å². The molecule has 0 saturated heterocycles. The number of carbonyl (C=O) groups is 2. The second-order valence-electron chi connectivity index (χ2n) is 15.1. The van der Waals surface area contributed by atoms with E-state index < -0.39 is 30.3 Å². The number of rotatable bonds is 16. The van der Waals surface area contributed by atoms with Crippen molar-refractivity contribution in [1.82, 2.24) is 15.6 Å². The van der Waals surface area contributed by atoms with Crippen molar-refractivity contribution in [2.45, 2.75) is 88.7 Å². The molecule has 2 aliphatic rings. The van der Waals surface area contributed by atoms with Gasteiger partial charge in [0.2, 0.25) is 11.8 Å². The van der Waals surface area contributed by atoms with Gasteiger partial charge in [-0.05, 0) is 72.1 Å². The Morgan fingerprint density at radius 1 is 0.831 bits per heavy atom. The average Bonchev–Trinajstić information content (AvgIpc) is 3.59. The summed E-state index contributed by atoms with van der Waals surface area (Å²) in [6.07, 6.45) is -4.86. The Hall–Kier alpha value is -5.92. The van der Waals surface area contributed by atoms with E-state index >= 15 is 0 Å². The number of carbonyl (C=O) groups excluding carboxylic acids is 2. The fourth-order valence-corrected chi connectivity index (χ4v) is 7.55. The third kappa shape index (κ3) is 11.2. The minimum Gasteiger partial charge on any atom is -0.473 e. The number of alkyl halides is 3. The Balaban J connectivity index is 1.05. The van der Waals surface area contributed by atoms with Gasteiger partial charge in [-0.3, -0.25) is 9.69 Å². The maximum Gasteiger partial charge on any atom is 0.407 e. The lowest BCUT2D eigenvalue weighted by Gasteiger charge is -2.37. The maximum absolute atomic E-state index is 14.1. The van der Waals surface area contributed by atoms with Crippen LogP contribution < -0.4 is 25.0 Å². The van der Waals surface area contributed by atoms with Crippen molar-refractivity contribution in [2.75, 3.05) is 11.5 Å². The van der Waals surface area contributed by atoms with Crippen LogP contribution in [-0.2, 0) is 31.0 Å². The van der Waals surface area contributed by atoms with E-state index in [-0.39, 0.29) is 70.0 Å². The van der Waals surface area contributed by atoms with Crippen molar-refractivity contribution in [2.24, 2.45) is 0 Å². The molecule has 4 aromatic carbocycles. The molecule has 10 nitrogen and oxygen atoms in total. The first-order chi connectivity index (χ1) is 28.5. The van der Waals surface area contributed by atoms with Crippen LogP contribution in [-0.4, -0.2) is 46.5 Å². The fourth-order valence-electron chi connectivity index (χ4n) is 7.55. The monoisotopic (exact) mass is 808 g/mol. The van der Waals surface area contributed by atoms with Crippen LogP contribution in [0.15, 0.2) is 121 Å². The molecule has 308 valence electrons. The summed E-state index contributed by atoms with van der Waals surface area (Å²) in [5.41, 5.74) is 3.51. The molecule has 0 radical (unpaired) electrons. The summed E-state index contributed by atoms with van der Waals surface area (Å²) >= 11 is 0. The summed E-state index contributed by atoms with van der Waals surface area (Å²) in [7, 11) is 0. The Morgan fingerprint density at radius 2 is 1.46 bits per heavy atom. The van der Waals surface area contributed by atoms with E-state index in [2.05, 4.69) is 15.6 Å². The number of alkyl carbamates (subject to hydrolysis) is 1. The number of pyridine rings is 1. The van der Waals surface area contributed by atoms with E-state index in [1.807, 2.05) is 91.0 Å². The molecule has 1 unspecified atom stereocenters. The van der Waals surface area contributed by atoms with Crippen LogP contribution in [0, 0.1) is 0 Å². The van der Waals surface area contributed by atoms with Crippen molar-refractivity contribution in [3.05, 3.63) is 155 Å². The Labute approximate surface area is 341 Å². The number of benzene rings is 4. The van der Waals surface area contributed by atoms with Crippen molar-refractivity contribution < 1.29 is 42.1 Å². The molecule has 1 aliphatic carbocycles. The summed E-state index contributed by atoms with van der Waals surface area (Å²) in [5, 5.41) is 17.4. The van der Waals surface area contributed by atoms with Gasteiger partial charge in [0.15, 0.2) is 0 Å². The first kappa shape index (κ1) is 41.2. The number of nitrogens with zero attached hydrogens (tertiary/aromatic N) is 2. The first-order valence-corrected chi connectivity index (χ1v) is 19.8. The van der Waals surface area contributed by atoms with Crippen LogP contribution in [0.4, 0.5) is 23.7 Å². The molecule has 2 amide bonds. The molecule has 1 aliphatic heterocycles. The highest BCUT2D eigenvalue weighted by atomic mass is 19.4. The van der Waals surface area contributed by atoms with Crippen LogP contribution in [0.1, 0.15) is 82.7 Å². The topological polar surface area (TPSA) is 122 Å². The third-order valence-electron chi connectivity index (χ3n) is 10.8. The second-order valence-corrected chi connectivity index (χ2v) is 15.1. The molecule has 1 atom stereocenters. The molecular weight excluding hydrogens is 762 g/mol. The standard InChI is InChI=1S/C46H47F3N4O6/c47-46(48,49)26-23-39(51-35-21-24-45(56,25-22-35)31-59-44(55)50-27-32-11-4-1-5-12-32)36-17-10-18-37-38(36)28-53(43(37)54)40-19-20-41(57-29-33-13-6-2-7-14-33)52-42(40)58-30-34-15-8-3-9-16-34/h1-20,35,39,51,56H,21-31H2,(H,50,55). The number of anilines is 1. The van der Waals surface area contributed by atoms with Gasteiger partial charge in [-0.1, -0.05) is 103 Å². The normalized spacial score (nSPS) is 18.2. The van der Waals surface area contributed by atoms with Crippen molar-refractivity contribution in [3.8, 4) is 11.8 Å². The van der Waals surface area contributed by atoms with Gasteiger partial charge in [0.25, 0.3) is 5.91 Å². The Morgan fingerprint density at radius 3 is 2.10 bits per heavy atom. The molecule has 2 heterocycles. The van der Waals surface area contributed by atoms with Crippen LogP contribution in [0.25, 0.3) is 0 Å². The number of aromatic nitrogens is 1. The zero-order valence-electron chi connectivity index (χ0n) is 32.5. The Bertz CT molecular complexity index is 2170. The van der Waals surface area contributed by atoms with Gasteiger partial charge in [0.1, 0.15) is 25.5 Å². The SMILES string of the molecule is O=C(NCc1ccccc1)OCC1(O)CCC(NC(CCC(F)(F)F)c2cccc3c2CN(c2ccc(OCc4ccccc4)nc2OCc2ccccc2)C3=O)CC1. The number of fused-ring (bicyclic) bond motifs is 1. The van der Waals surface area contributed by atoms with Crippen LogP contribution in [0.3, 0.4) is 0 Å². The highest BCUT2D eigenvalue weighted by Gasteiger charge is 2.39. The molecule has 5 aromatic rings.